The Kier molecular flexibility index (Phi) is 12.9. The van der Waals surface area contributed by atoms with E-state index in [0.717, 1.165) is 5.92 Å². The number of alkyl halides is 1. The van der Waals surface area contributed by atoms with E-state index in [2.05, 4.69) is 55.4 Å². The Bertz CT molecular complexity index is 45.2. The molecule has 2 heteroatoms. The number of hydrogen-bond donors (Lipinski definition) is 0. The summed E-state index contributed by atoms with van der Waals surface area (Å²) < 4.78 is 0. The normalized spacial score (nSPS) is 9.60. The molecule has 0 unspecified atom stereocenters. The zero-order chi connectivity index (χ0) is 8.57. The van der Waals surface area contributed by atoms with Gasteiger partial charge in [-0.1, -0.05) is 36.4 Å². The van der Waals surface area contributed by atoms with Crippen molar-refractivity contribution in [1.82, 2.24) is 4.90 Å². The van der Waals surface area contributed by atoms with Crippen molar-refractivity contribution in [3.05, 3.63) is 0 Å². The van der Waals surface area contributed by atoms with Crippen LogP contribution in [0.1, 0.15) is 20.3 Å². The molecule has 10 heavy (non-hydrogen) atoms. The van der Waals surface area contributed by atoms with E-state index in [4.69, 9.17) is 0 Å². The Morgan fingerprint density at radius 2 is 1.60 bits per heavy atom. The molecule has 0 N–H and O–H groups in total. The molecule has 0 aliphatic heterocycles. The highest BCUT2D eigenvalue weighted by Gasteiger charge is 1.93. The Hall–Kier alpha value is 0.690. The lowest BCUT2D eigenvalue weighted by Gasteiger charge is -2.10. The Labute approximate surface area is 79.3 Å². The van der Waals surface area contributed by atoms with Crippen molar-refractivity contribution in [3.8, 4) is 0 Å². The van der Waals surface area contributed by atoms with E-state index in [-0.39, 0.29) is 0 Å². The van der Waals surface area contributed by atoms with Gasteiger partial charge in [-0.15, -0.1) is 0 Å². The van der Waals surface area contributed by atoms with Crippen LogP contribution in [0.3, 0.4) is 0 Å². The molecule has 0 fully saturated rings. The molecular weight excluding hydrogens is 237 g/mol. The lowest BCUT2D eigenvalue weighted by molar-refractivity contribution is 0.369. The highest BCUT2D eigenvalue weighted by Crippen LogP contribution is 1.98. The third-order valence-electron chi connectivity index (χ3n) is 1.15. The molecular formula is C8H20IN. The van der Waals surface area contributed by atoms with Crippen LogP contribution in [0.25, 0.3) is 0 Å². The van der Waals surface area contributed by atoms with Crippen molar-refractivity contribution in [3.63, 3.8) is 0 Å². The van der Waals surface area contributed by atoms with Crippen molar-refractivity contribution >= 4 is 22.6 Å². The van der Waals surface area contributed by atoms with Gasteiger partial charge in [0.2, 0.25) is 0 Å². The maximum Gasteiger partial charge on any atom is -0.00224 e. The lowest BCUT2D eigenvalue weighted by atomic mass is 10.1. The van der Waals surface area contributed by atoms with Crippen LogP contribution in [0, 0.1) is 5.92 Å². The maximum atomic E-state index is 2.25. The number of nitrogens with zero attached hydrogens (tertiary/aromatic N) is 1. The summed E-state index contributed by atoms with van der Waals surface area (Å²) in [6.07, 6.45) is 1.31. The van der Waals surface area contributed by atoms with E-state index >= 15 is 0 Å². The molecule has 0 saturated carbocycles. The van der Waals surface area contributed by atoms with Crippen LogP contribution in [-0.4, -0.2) is 30.5 Å². The first-order valence-corrected chi connectivity index (χ1v) is 5.81. The summed E-state index contributed by atoms with van der Waals surface area (Å²) >= 11 is 2.15. The molecule has 0 aromatic carbocycles. The minimum Gasteiger partial charge on any atom is -0.309 e. The molecule has 0 rings (SSSR count). The fourth-order valence-electron chi connectivity index (χ4n) is 0.516. The second kappa shape index (κ2) is 9.69. The molecule has 0 aromatic rings. The molecule has 64 valence electrons. The number of hydrogen-bond acceptors (Lipinski definition) is 1. The smallest absolute Gasteiger partial charge is 0.00224 e. The van der Waals surface area contributed by atoms with E-state index in [1.807, 2.05) is 4.93 Å². The molecule has 0 radical (unpaired) electrons. The molecule has 0 saturated heterocycles. The van der Waals surface area contributed by atoms with Crippen LogP contribution < -0.4 is 0 Å². The average Bonchev–Trinajstić information content (AvgIpc) is 1.89. The van der Waals surface area contributed by atoms with Gasteiger partial charge in [-0.2, -0.15) is 0 Å². The molecule has 1 nitrogen and oxygen atoms in total. The fraction of sp³-hybridized carbons (Fsp3) is 1.00. The predicted molar refractivity (Wildman–Crippen MR) is 58.0 cm³/mol. The fourth-order valence-corrected chi connectivity index (χ4v) is 0.516. The lowest BCUT2D eigenvalue weighted by Crippen LogP contribution is -2.14. The third kappa shape index (κ3) is 15.9. The Balaban J connectivity index is 0. The van der Waals surface area contributed by atoms with Crippen LogP contribution in [-0.2, 0) is 0 Å². The second-order valence-electron chi connectivity index (χ2n) is 2.99. The first kappa shape index (κ1) is 13.3. The third-order valence-corrected chi connectivity index (χ3v) is 1.15. The van der Waals surface area contributed by atoms with Crippen LogP contribution in [0.4, 0.5) is 0 Å². The zero-order valence-electron chi connectivity index (χ0n) is 7.82. The van der Waals surface area contributed by atoms with Gasteiger partial charge in [0.1, 0.15) is 0 Å². The maximum absolute atomic E-state index is 2.25. The zero-order valence-corrected chi connectivity index (χ0v) is 9.97. The van der Waals surface area contributed by atoms with Gasteiger partial charge in [0, 0.05) is 0 Å². The summed E-state index contributed by atoms with van der Waals surface area (Å²) in [5.74, 6) is 0.845. The van der Waals surface area contributed by atoms with E-state index in [1.165, 1.54) is 13.0 Å². The summed E-state index contributed by atoms with van der Waals surface area (Å²) in [6.45, 7) is 5.73. The van der Waals surface area contributed by atoms with Crippen LogP contribution in [0.2, 0.25) is 0 Å². The standard InChI is InChI=1S/C7H17N.CH3I/c1-7(2)5-6-8(3)4;1-2/h7H,5-6H2,1-4H3;1H3. The van der Waals surface area contributed by atoms with Crippen molar-refractivity contribution in [2.45, 2.75) is 20.3 Å². The topological polar surface area (TPSA) is 3.24 Å². The summed E-state index contributed by atoms with van der Waals surface area (Å²) in [7, 11) is 4.23. The molecule has 0 aromatic heterocycles. The minimum atomic E-state index is 0.845. The van der Waals surface area contributed by atoms with Crippen LogP contribution in [0.15, 0.2) is 0 Å². The predicted octanol–water partition coefficient (Wildman–Crippen LogP) is 2.65. The van der Waals surface area contributed by atoms with Crippen molar-refractivity contribution in [1.29, 1.82) is 0 Å². The van der Waals surface area contributed by atoms with E-state index < -0.39 is 0 Å². The highest BCUT2D eigenvalue weighted by molar-refractivity contribution is 14.1. The van der Waals surface area contributed by atoms with Gasteiger partial charge >= 0.3 is 0 Å². The van der Waals surface area contributed by atoms with Crippen molar-refractivity contribution in [2.75, 3.05) is 25.6 Å². The first-order chi connectivity index (χ1) is 4.63. The van der Waals surface area contributed by atoms with Gasteiger partial charge in [-0.3, -0.25) is 0 Å². The molecule has 0 heterocycles. The molecule has 0 aliphatic rings. The van der Waals surface area contributed by atoms with Gasteiger partial charge in [0.05, 0.1) is 0 Å². The largest absolute Gasteiger partial charge is 0.309 e. The number of rotatable bonds is 3. The SMILES string of the molecule is CC(C)CCN(C)C.CI. The molecule has 0 bridgehead atoms. The summed E-state index contributed by atoms with van der Waals surface area (Å²) in [6, 6.07) is 0. The Morgan fingerprint density at radius 3 is 1.70 bits per heavy atom. The minimum absolute atomic E-state index is 0.845. The highest BCUT2D eigenvalue weighted by atomic mass is 127. The summed E-state index contributed by atoms with van der Waals surface area (Å²) in [5, 5.41) is 0. The van der Waals surface area contributed by atoms with E-state index in [0.29, 0.717) is 0 Å². The summed E-state index contributed by atoms with van der Waals surface area (Å²) in [5.41, 5.74) is 0. The van der Waals surface area contributed by atoms with Gasteiger partial charge in [-0.25, -0.2) is 0 Å². The van der Waals surface area contributed by atoms with Crippen LogP contribution >= 0.6 is 22.6 Å². The van der Waals surface area contributed by atoms with E-state index in [1.54, 1.807) is 0 Å². The number of halogens is 1. The van der Waals surface area contributed by atoms with Gasteiger partial charge in [0.15, 0.2) is 0 Å². The van der Waals surface area contributed by atoms with E-state index in [9.17, 15) is 0 Å². The summed E-state index contributed by atoms with van der Waals surface area (Å²) in [4.78, 5) is 4.19. The average molecular weight is 257 g/mol. The first-order valence-electron chi connectivity index (χ1n) is 3.65. The van der Waals surface area contributed by atoms with Crippen molar-refractivity contribution < 1.29 is 0 Å². The Morgan fingerprint density at radius 1 is 1.20 bits per heavy atom. The molecule has 0 aliphatic carbocycles. The molecule has 0 atom stereocenters. The molecule has 0 spiro atoms. The van der Waals surface area contributed by atoms with Gasteiger partial charge in [0.25, 0.3) is 0 Å². The van der Waals surface area contributed by atoms with Crippen LogP contribution in [0.5, 0.6) is 0 Å². The quantitative estimate of drug-likeness (QED) is 0.555. The molecule has 0 amide bonds. The van der Waals surface area contributed by atoms with Gasteiger partial charge in [-0.05, 0) is 37.9 Å². The van der Waals surface area contributed by atoms with Crippen molar-refractivity contribution in [2.24, 2.45) is 5.92 Å². The monoisotopic (exact) mass is 257 g/mol. The second-order valence-corrected chi connectivity index (χ2v) is 2.99. The van der Waals surface area contributed by atoms with Gasteiger partial charge < -0.3 is 4.90 Å².